The van der Waals surface area contributed by atoms with E-state index in [1.807, 2.05) is 41.8 Å². The molecular weight excluding hydrogens is 350 g/mol. The van der Waals surface area contributed by atoms with Gasteiger partial charge in [0.15, 0.2) is 0 Å². The summed E-state index contributed by atoms with van der Waals surface area (Å²) in [6.45, 7) is 12.0. The van der Waals surface area contributed by atoms with Gasteiger partial charge in [-0.2, -0.15) is 0 Å². The minimum Gasteiger partial charge on any atom is -0.353 e. The monoisotopic (exact) mass is 391 g/mol. The van der Waals surface area contributed by atoms with Crippen LogP contribution in [-0.4, -0.2) is 45.3 Å². The molecule has 0 spiro atoms. The molecule has 0 saturated heterocycles. The highest BCUT2D eigenvalue weighted by atomic mass is 16.2. The Morgan fingerprint density at radius 3 is 2.32 bits per heavy atom. The molecule has 0 radical (unpaired) electrons. The predicted octanol–water partition coefficient (Wildman–Crippen LogP) is 4.61. The van der Waals surface area contributed by atoms with E-state index in [4.69, 9.17) is 0 Å². The van der Waals surface area contributed by atoms with Gasteiger partial charge in [0.1, 0.15) is 0 Å². The van der Waals surface area contributed by atoms with E-state index in [0.717, 1.165) is 37.8 Å². The summed E-state index contributed by atoms with van der Waals surface area (Å²) >= 11 is 0. The lowest BCUT2D eigenvalue weighted by Gasteiger charge is -2.32. The summed E-state index contributed by atoms with van der Waals surface area (Å²) in [7, 11) is 2.00. The van der Waals surface area contributed by atoms with Crippen LogP contribution in [0.3, 0.4) is 0 Å². The van der Waals surface area contributed by atoms with Crippen LogP contribution in [0.2, 0.25) is 0 Å². The van der Waals surface area contributed by atoms with Crippen molar-refractivity contribution in [2.75, 3.05) is 13.1 Å². The molecule has 28 heavy (non-hydrogen) atoms. The molecule has 1 heterocycles. The van der Waals surface area contributed by atoms with Gasteiger partial charge in [0.2, 0.25) is 11.8 Å². The third-order valence-corrected chi connectivity index (χ3v) is 5.34. The Bertz CT molecular complexity index is 594. The maximum atomic E-state index is 13.2. The Morgan fingerprint density at radius 2 is 1.79 bits per heavy atom. The van der Waals surface area contributed by atoms with Crippen molar-refractivity contribution in [3.05, 3.63) is 24.0 Å². The molecule has 0 fully saturated rings. The first-order valence-corrected chi connectivity index (χ1v) is 11.0. The Morgan fingerprint density at radius 1 is 1.07 bits per heavy atom. The van der Waals surface area contributed by atoms with Gasteiger partial charge >= 0.3 is 0 Å². The topological polar surface area (TPSA) is 45.6 Å². The third kappa shape index (κ3) is 8.07. The first kappa shape index (κ1) is 24.3. The maximum absolute atomic E-state index is 13.2. The Kier molecular flexibility index (Phi) is 10.9. The molecule has 0 N–H and O–H groups in total. The van der Waals surface area contributed by atoms with Gasteiger partial charge in [-0.3, -0.25) is 9.59 Å². The number of carbonyl (C=O) groups excluding carboxylic acids is 2. The van der Waals surface area contributed by atoms with Gasteiger partial charge in [-0.1, -0.05) is 47.0 Å². The second kappa shape index (κ2) is 12.6. The molecule has 160 valence electrons. The highest BCUT2D eigenvalue weighted by Gasteiger charge is 2.25. The van der Waals surface area contributed by atoms with Gasteiger partial charge in [0, 0.05) is 37.9 Å². The smallest absolute Gasteiger partial charge is 0.242 e. The average molecular weight is 392 g/mol. The molecule has 0 aromatic carbocycles. The predicted molar refractivity (Wildman–Crippen MR) is 116 cm³/mol. The molecule has 0 saturated carbocycles. The lowest BCUT2D eigenvalue weighted by atomic mass is 10.1. The number of hydrogen-bond acceptors (Lipinski definition) is 2. The number of rotatable bonds is 13. The number of aryl methyl sites for hydroxylation is 1. The maximum Gasteiger partial charge on any atom is 0.242 e. The van der Waals surface area contributed by atoms with E-state index in [9.17, 15) is 9.59 Å². The van der Waals surface area contributed by atoms with Crippen molar-refractivity contribution < 1.29 is 9.59 Å². The standard InChI is InChI=1S/C23H41N3O2/c1-7-9-10-11-14-22(27)26(20(5)8-2)18-23(28)25(16-19(3)4)17-21-13-12-15-24(21)6/h12-13,15,19-20H,7-11,14,16-18H2,1-6H3/t20-/m0/s1. The summed E-state index contributed by atoms with van der Waals surface area (Å²) in [5.74, 6) is 0.533. The quantitative estimate of drug-likeness (QED) is 0.461. The molecule has 1 rings (SSSR count). The number of amides is 2. The van der Waals surface area contributed by atoms with E-state index in [0.29, 0.717) is 25.4 Å². The lowest BCUT2D eigenvalue weighted by Crippen LogP contribution is -2.47. The first-order valence-electron chi connectivity index (χ1n) is 11.0. The van der Waals surface area contributed by atoms with Crippen molar-refractivity contribution in [2.24, 2.45) is 13.0 Å². The molecule has 0 bridgehead atoms. The van der Waals surface area contributed by atoms with E-state index in [-0.39, 0.29) is 24.4 Å². The summed E-state index contributed by atoms with van der Waals surface area (Å²) in [5, 5.41) is 0. The number of aromatic nitrogens is 1. The van der Waals surface area contributed by atoms with Gasteiger partial charge < -0.3 is 14.4 Å². The van der Waals surface area contributed by atoms with E-state index in [1.165, 1.54) is 0 Å². The van der Waals surface area contributed by atoms with Crippen molar-refractivity contribution in [3.63, 3.8) is 0 Å². The minimum absolute atomic E-state index is 0.0390. The highest BCUT2D eigenvalue weighted by molar-refractivity contribution is 5.85. The molecule has 5 heteroatoms. The van der Waals surface area contributed by atoms with E-state index in [2.05, 4.69) is 27.7 Å². The van der Waals surface area contributed by atoms with Crippen molar-refractivity contribution >= 4 is 11.8 Å². The number of hydrogen-bond donors (Lipinski definition) is 0. The van der Waals surface area contributed by atoms with Crippen LogP contribution in [0.15, 0.2) is 18.3 Å². The van der Waals surface area contributed by atoms with E-state index in [1.54, 1.807) is 4.90 Å². The SMILES string of the molecule is CCCCCCC(=O)N(CC(=O)N(Cc1cccn1C)CC(C)C)[C@@H](C)CC. The van der Waals surface area contributed by atoms with Crippen LogP contribution in [0.1, 0.15) is 78.8 Å². The zero-order valence-corrected chi connectivity index (χ0v) is 18.9. The molecule has 1 aromatic rings. The van der Waals surface area contributed by atoms with Crippen LogP contribution in [0.5, 0.6) is 0 Å². The van der Waals surface area contributed by atoms with Crippen LogP contribution < -0.4 is 0 Å². The molecule has 0 aliphatic carbocycles. The molecule has 5 nitrogen and oxygen atoms in total. The fourth-order valence-electron chi connectivity index (χ4n) is 3.35. The summed E-state index contributed by atoms with van der Waals surface area (Å²) in [6.07, 6.45) is 7.71. The molecule has 0 unspecified atom stereocenters. The lowest BCUT2D eigenvalue weighted by molar-refractivity contribution is -0.143. The zero-order valence-electron chi connectivity index (χ0n) is 18.9. The second-order valence-corrected chi connectivity index (χ2v) is 8.37. The Balaban J connectivity index is 2.82. The molecule has 1 aromatic heterocycles. The number of carbonyl (C=O) groups is 2. The first-order chi connectivity index (χ1) is 13.3. The average Bonchev–Trinajstić information content (AvgIpc) is 3.06. The van der Waals surface area contributed by atoms with Crippen molar-refractivity contribution in [3.8, 4) is 0 Å². The van der Waals surface area contributed by atoms with Crippen LogP contribution >= 0.6 is 0 Å². The normalized spacial score (nSPS) is 12.2. The molecular formula is C23H41N3O2. The van der Waals surface area contributed by atoms with Gasteiger partial charge in [-0.15, -0.1) is 0 Å². The van der Waals surface area contributed by atoms with Crippen molar-refractivity contribution in [1.82, 2.24) is 14.4 Å². The van der Waals surface area contributed by atoms with Crippen LogP contribution in [-0.2, 0) is 23.2 Å². The van der Waals surface area contributed by atoms with Crippen molar-refractivity contribution in [2.45, 2.75) is 85.7 Å². The number of nitrogens with zero attached hydrogens (tertiary/aromatic N) is 3. The Hall–Kier alpha value is -1.78. The largest absolute Gasteiger partial charge is 0.353 e. The van der Waals surface area contributed by atoms with Gasteiger partial charge in [0.25, 0.3) is 0 Å². The van der Waals surface area contributed by atoms with Gasteiger partial charge in [0.05, 0.1) is 13.1 Å². The summed E-state index contributed by atoms with van der Waals surface area (Å²) in [4.78, 5) is 29.7. The van der Waals surface area contributed by atoms with Crippen LogP contribution in [0.4, 0.5) is 0 Å². The fraction of sp³-hybridized carbons (Fsp3) is 0.739. The highest BCUT2D eigenvalue weighted by Crippen LogP contribution is 2.13. The van der Waals surface area contributed by atoms with Gasteiger partial charge in [-0.25, -0.2) is 0 Å². The second-order valence-electron chi connectivity index (χ2n) is 8.37. The number of unbranched alkanes of at least 4 members (excludes halogenated alkanes) is 3. The summed E-state index contributed by atoms with van der Waals surface area (Å²) in [6, 6.07) is 4.13. The summed E-state index contributed by atoms with van der Waals surface area (Å²) in [5.41, 5.74) is 1.11. The van der Waals surface area contributed by atoms with E-state index >= 15 is 0 Å². The van der Waals surface area contributed by atoms with E-state index < -0.39 is 0 Å². The van der Waals surface area contributed by atoms with Crippen LogP contribution in [0, 0.1) is 5.92 Å². The molecule has 0 aliphatic heterocycles. The van der Waals surface area contributed by atoms with Crippen molar-refractivity contribution in [1.29, 1.82) is 0 Å². The zero-order chi connectivity index (χ0) is 21.1. The minimum atomic E-state index is 0.0390. The molecule has 2 amide bonds. The molecule has 1 atom stereocenters. The summed E-state index contributed by atoms with van der Waals surface area (Å²) < 4.78 is 2.05. The Labute approximate surface area is 172 Å². The fourth-order valence-corrected chi connectivity index (χ4v) is 3.35. The molecule has 0 aliphatic rings. The van der Waals surface area contributed by atoms with Crippen LogP contribution in [0.25, 0.3) is 0 Å². The van der Waals surface area contributed by atoms with Gasteiger partial charge in [-0.05, 0) is 37.8 Å². The third-order valence-electron chi connectivity index (χ3n) is 5.34.